The Morgan fingerprint density at radius 3 is 2.50 bits per heavy atom. The molecule has 0 radical (unpaired) electrons. The van der Waals surface area contributed by atoms with E-state index in [1.165, 1.54) is 0 Å². The number of rotatable bonds is 2. The third kappa shape index (κ3) is 1.46. The highest BCUT2D eigenvalue weighted by atomic mass is 31.2. The van der Waals surface area contributed by atoms with Gasteiger partial charge in [-0.2, -0.15) is 9.55 Å². The molecule has 30 heavy (non-hydrogen) atoms. The summed E-state index contributed by atoms with van der Waals surface area (Å²) in [6, 6.07) is -0.813. The zero-order valence-electron chi connectivity index (χ0n) is 13.8. The summed E-state index contributed by atoms with van der Waals surface area (Å²) in [5, 5.41) is 31.5. The molecule has 0 aromatic carbocycles. The molecule has 3 saturated heterocycles. The van der Waals surface area contributed by atoms with Gasteiger partial charge in [0.25, 0.3) is 5.79 Å². The normalized spacial score (nSPS) is 46.4. The molecule has 2 aromatic rings. The van der Waals surface area contributed by atoms with Gasteiger partial charge < -0.3 is 24.6 Å². The van der Waals surface area contributed by atoms with Crippen molar-refractivity contribution in [3.05, 3.63) is 20.8 Å². The average molecular weight is 468 g/mol. The Morgan fingerprint density at radius 2 is 1.80 bits per heavy atom. The van der Waals surface area contributed by atoms with Crippen LogP contribution in [0.3, 0.4) is 0 Å². The molecule has 5 aliphatic heterocycles. The maximum atomic E-state index is 12.7. The highest BCUT2D eigenvalue weighted by Crippen LogP contribution is 2.80. The molecule has 18 nitrogen and oxygen atoms in total. The number of ether oxygens (including phenoxy) is 1. The molecule has 7 rings (SSSR count). The molecular formula is C10H6N4O14P2. The number of phosphoric acid groups is 2. The van der Waals surface area contributed by atoms with Gasteiger partial charge in [0.1, 0.15) is 6.10 Å². The second kappa shape index (κ2) is 4.36. The van der Waals surface area contributed by atoms with Crippen molar-refractivity contribution in [3.8, 4) is 6.01 Å². The lowest BCUT2D eigenvalue weighted by atomic mass is 10.0. The van der Waals surface area contributed by atoms with Crippen molar-refractivity contribution >= 4 is 26.8 Å². The molecule has 3 N–H and O–H groups in total. The Hall–Kier alpha value is -2.27. The fraction of sp³-hybridized carbons (Fsp3) is 0.500. The Bertz CT molecular complexity index is 1440. The van der Waals surface area contributed by atoms with E-state index >= 15 is 0 Å². The minimum atomic E-state index is -4.71. The summed E-state index contributed by atoms with van der Waals surface area (Å²) in [7, 11) is -9.40. The molecule has 7 bridgehead atoms. The molecule has 160 valence electrons. The zero-order chi connectivity index (χ0) is 21.1. The maximum absolute atomic E-state index is 12.7. The number of aromatic nitrogens is 4. The average Bonchev–Trinajstić information content (AvgIpc) is 3.18. The fourth-order valence-corrected chi connectivity index (χ4v) is 6.89. The minimum Gasteiger partial charge on any atom is -0.393 e. The quantitative estimate of drug-likeness (QED) is 0.361. The fourth-order valence-electron chi connectivity index (χ4n) is 3.97. The molecule has 0 aliphatic carbocycles. The summed E-state index contributed by atoms with van der Waals surface area (Å²) in [6.45, 7) is -0.992. The largest absolute Gasteiger partial charge is 0.689 e. The van der Waals surface area contributed by atoms with Gasteiger partial charge in [-0.15, -0.1) is 0 Å². The predicted molar refractivity (Wildman–Crippen MR) is 80.3 cm³/mol. The van der Waals surface area contributed by atoms with Gasteiger partial charge in [0.15, 0.2) is 11.2 Å². The topological polar surface area (TPSA) is 221 Å². The van der Waals surface area contributed by atoms with Crippen LogP contribution < -0.4 is 25.0 Å². The van der Waals surface area contributed by atoms with Gasteiger partial charge in [0.05, 0.1) is 6.61 Å². The van der Waals surface area contributed by atoms with Gasteiger partial charge in [-0.3, -0.25) is 14.0 Å². The smallest absolute Gasteiger partial charge is 0.393 e. The van der Waals surface area contributed by atoms with Crippen LogP contribution in [0, 0.1) is 0 Å². The maximum Gasteiger partial charge on any atom is 0.689 e. The van der Waals surface area contributed by atoms with Crippen molar-refractivity contribution in [1.29, 1.82) is 0 Å². The SMILES string of the molecule is O=c1c2nc3n([C@]45O[C@H](CO)[C@]6(O)OP(=O)(O4)O[C@@]56O)c2n2c(=O)n1OP(=O)(O3)O2. The van der Waals surface area contributed by atoms with Crippen molar-refractivity contribution in [2.24, 2.45) is 0 Å². The van der Waals surface area contributed by atoms with E-state index in [4.69, 9.17) is 32.1 Å². The van der Waals surface area contributed by atoms with Gasteiger partial charge in [0, 0.05) is 0 Å². The summed E-state index contributed by atoms with van der Waals surface area (Å²) in [5.41, 5.74) is -3.66. The number of hydrogen-bond acceptors (Lipinski definition) is 15. The Balaban J connectivity index is 1.65. The highest BCUT2D eigenvalue weighted by molar-refractivity contribution is 7.49. The number of phosphoric ester groups is 1. The summed E-state index contributed by atoms with van der Waals surface area (Å²) in [6.07, 6.45) is -1.80. The van der Waals surface area contributed by atoms with Crippen molar-refractivity contribution < 1.29 is 56.5 Å². The lowest BCUT2D eigenvalue weighted by Crippen LogP contribution is -2.63. The van der Waals surface area contributed by atoms with Crippen LogP contribution >= 0.6 is 15.6 Å². The molecular weight excluding hydrogens is 462 g/mol. The summed E-state index contributed by atoms with van der Waals surface area (Å²) >= 11 is 0. The second-order valence-corrected chi connectivity index (χ2v) is 9.56. The Morgan fingerprint density at radius 1 is 1.07 bits per heavy atom. The van der Waals surface area contributed by atoms with Crippen LogP contribution in [0.25, 0.3) is 11.2 Å². The van der Waals surface area contributed by atoms with Gasteiger partial charge in [0.2, 0.25) is 0 Å². The van der Waals surface area contributed by atoms with E-state index in [-0.39, 0.29) is 4.73 Å². The zero-order valence-corrected chi connectivity index (χ0v) is 15.6. The van der Waals surface area contributed by atoms with Crippen LogP contribution in [0.1, 0.15) is 0 Å². The number of fused-ring (bicyclic) bond motifs is 5. The molecule has 2 aromatic heterocycles. The number of aliphatic hydroxyl groups excluding tert-OH is 1. The van der Waals surface area contributed by atoms with Gasteiger partial charge in [-0.25, -0.2) is 27.5 Å². The third-order valence-electron chi connectivity index (χ3n) is 5.15. The van der Waals surface area contributed by atoms with E-state index in [0.717, 1.165) is 0 Å². The summed E-state index contributed by atoms with van der Waals surface area (Å²) in [5.74, 6) is -8.94. The Kier molecular flexibility index (Phi) is 2.53. The number of imidazole rings is 1. The van der Waals surface area contributed by atoms with Crippen LogP contribution in [0.4, 0.5) is 0 Å². The van der Waals surface area contributed by atoms with E-state index in [2.05, 4.69) is 4.98 Å². The molecule has 2 unspecified atom stereocenters. The molecule has 0 spiro atoms. The second-order valence-electron chi connectivity index (χ2n) is 6.71. The lowest BCUT2D eigenvalue weighted by molar-refractivity contribution is -0.366. The third-order valence-corrected chi connectivity index (χ3v) is 7.72. The minimum absolute atomic E-state index is 0.0883. The van der Waals surface area contributed by atoms with E-state index in [1.807, 2.05) is 0 Å². The first-order valence-corrected chi connectivity index (χ1v) is 10.9. The standard InChI is InChI=1S/C10H6N4O14P2/c15-1-2-8(18)9(19)10(22-2,26-30(21,24-8)25-9)12-4-3-5(16)14-7(17)13(4)27-29(20,28-14)23-6(12)11-3/h2,15,18-19H,1H2/t2-,8+,9-,10-,29?,30?/m1/s1. The number of aliphatic hydroxyl groups is 3. The van der Waals surface area contributed by atoms with E-state index in [9.17, 15) is 34.0 Å². The van der Waals surface area contributed by atoms with Crippen molar-refractivity contribution in [2.75, 3.05) is 6.61 Å². The van der Waals surface area contributed by atoms with Gasteiger partial charge >= 0.3 is 44.6 Å². The first-order chi connectivity index (χ1) is 14.0. The van der Waals surface area contributed by atoms with Crippen molar-refractivity contribution in [2.45, 2.75) is 23.6 Å². The monoisotopic (exact) mass is 468 g/mol. The first-order valence-electron chi connectivity index (χ1n) is 7.96. The van der Waals surface area contributed by atoms with E-state index in [0.29, 0.717) is 9.30 Å². The summed E-state index contributed by atoms with van der Waals surface area (Å²) in [4.78, 5) is 28.8. The first kappa shape index (κ1) is 17.4. The van der Waals surface area contributed by atoms with Crippen LogP contribution in [-0.4, -0.2) is 58.6 Å². The molecule has 20 heteroatoms. The molecule has 0 saturated carbocycles. The molecule has 3 fully saturated rings. The molecule has 6 atom stereocenters. The highest BCUT2D eigenvalue weighted by Gasteiger charge is 2.93. The molecule has 5 aliphatic rings. The van der Waals surface area contributed by atoms with E-state index in [1.54, 1.807) is 0 Å². The summed E-state index contributed by atoms with van der Waals surface area (Å²) < 4.78 is 61.3. The van der Waals surface area contributed by atoms with E-state index < -0.39 is 74.3 Å². The number of hydrogen-bond donors (Lipinski definition) is 3. The Labute approximate surface area is 160 Å². The van der Waals surface area contributed by atoms with Crippen LogP contribution in [0.2, 0.25) is 0 Å². The van der Waals surface area contributed by atoms with Crippen LogP contribution in [0.5, 0.6) is 6.01 Å². The molecule has 0 amide bonds. The van der Waals surface area contributed by atoms with Crippen LogP contribution in [0.15, 0.2) is 9.59 Å². The molecule has 7 heterocycles. The predicted octanol–water partition coefficient (Wildman–Crippen LogP) is -3.71. The van der Waals surface area contributed by atoms with Crippen molar-refractivity contribution in [3.63, 3.8) is 0 Å². The lowest BCUT2D eigenvalue weighted by Gasteiger charge is -2.35. The van der Waals surface area contributed by atoms with Gasteiger partial charge in [-0.1, -0.05) is 9.46 Å². The van der Waals surface area contributed by atoms with Gasteiger partial charge in [-0.05, 0) is 0 Å². The number of nitrogens with zero attached hydrogens (tertiary/aromatic N) is 4. The van der Waals surface area contributed by atoms with Crippen LogP contribution in [-0.2, 0) is 33.3 Å². The van der Waals surface area contributed by atoms with Crippen molar-refractivity contribution in [1.82, 2.24) is 19.0 Å².